The van der Waals surface area contributed by atoms with Crippen LogP contribution in [0, 0.1) is 0 Å². The second-order valence-electron chi connectivity index (χ2n) is 5.08. The van der Waals surface area contributed by atoms with E-state index < -0.39 is 0 Å². The molecular formula is C15H19ClN2O3. The number of phenolic OH excluding ortho intramolecular Hbond substituents is 1. The molecule has 0 aliphatic carbocycles. The fourth-order valence-corrected chi connectivity index (χ4v) is 2.60. The molecule has 2 N–H and O–H groups in total. The van der Waals surface area contributed by atoms with Crippen LogP contribution < -0.4 is 5.32 Å². The lowest BCUT2D eigenvalue weighted by molar-refractivity contribution is -0.131. The van der Waals surface area contributed by atoms with Crippen molar-refractivity contribution in [1.82, 2.24) is 10.2 Å². The van der Waals surface area contributed by atoms with Gasteiger partial charge in [0.05, 0.1) is 5.56 Å². The first-order chi connectivity index (χ1) is 10.1. The molecule has 0 unspecified atom stereocenters. The number of carbonyl (C=O) groups excluding carboxylic acids is 2. The van der Waals surface area contributed by atoms with E-state index in [-0.39, 0.29) is 29.2 Å². The number of likely N-dealkylation sites (tertiary alicyclic amines) is 1. The predicted octanol–water partition coefficient (Wildman–Crippen LogP) is 1.74. The second kappa shape index (κ2) is 7.31. The highest BCUT2D eigenvalue weighted by atomic mass is 35.5. The van der Waals surface area contributed by atoms with Crippen LogP contribution in [-0.4, -0.2) is 46.8 Å². The lowest BCUT2D eigenvalue weighted by Gasteiger charge is -2.32. The maximum atomic E-state index is 12.1. The first kappa shape index (κ1) is 15.6. The molecule has 1 aliphatic heterocycles. The maximum Gasteiger partial charge on any atom is 0.255 e. The number of hydrogen-bond donors (Lipinski definition) is 2. The molecule has 2 amide bonds. The molecular weight excluding hydrogens is 292 g/mol. The summed E-state index contributed by atoms with van der Waals surface area (Å²) in [4.78, 5) is 25.6. The smallest absolute Gasteiger partial charge is 0.255 e. The van der Waals surface area contributed by atoms with Crippen molar-refractivity contribution in [3.8, 4) is 5.75 Å². The van der Waals surface area contributed by atoms with Gasteiger partial charge in [0.25, 0.3) is 5.91 Å². The molecule has 21 heavy (non-hydrogen) atoms. The minimum atomic E-state index is -0.279. The van der Waals surface area contributed by atoms with Gasteiger partial charge in [-0.3, -0.25) is 9.59 Å². The number of carbonyl (C=O) groups is 2. The number of halogens is 1. The Kier molecular flexibility index (Phi) is 5.44. The van der Waals surface area contributed by atoms with Crippen LogP contribution in [-0.2, 0) is 4.79 Å². The highest BCUT2D eigenvalue weighted by Crippen LogP contribution is 2.17. The lowest BCUT2D eigenvalue weighted by atomic mass is 10.0. The summed E-state index contributed by atoms with van der Waals surface area (Å²) in [5.41, 5.74) is 0.276. The topological polar surface area (TPSA) is 69.6 Å². The van der Waals surface area contributed by atoms with E-state index in [0.29, 0.717) is 38.2 Å². The molecule has 0 aromatic heterocycles. The van der Waals surface area contributed by atoms with Crippen molar-refractivity contribution in [2.75, 3.05) is 19.0 Å². The number of aromatic hydroxyl groups is 1. The molecule has 0 bridgehead atoms. The van der Waals surface area contributed by atoms with Gasteiger partial charge in [0.15, 0.2) is 0 Å². The van der Waals surface area contributed by atoms with Crippen LogP contribution in [0.5, 0.6) is 5.75 Å². The molecule has 1 fully saturated rings. The van der Waals surface area contributed by atoms with Crippen LogP contribution in [0.25, 0.3) is 0 Å². The number of piperidine rings is 1. The molecule has 114 valence electrons. The van der Waals surface area contributed by atoms with Crippen molar-refractivity contribution in [2.45, 2.75) is 25.3 Å². The number of amides is 2. The lowest BCUT2D eigenvalue weighted by Crippen LogP contribution is -2.46. The Morgan fingerprint density at radius 1 is 1.29 bits per heavy atom. The van der Waals surface area contributed by atoms with Gasteiger partial charge in [-0.1, -0.05) is 12.1 Å². The number of nitrogens with zero attached hydrogens (tertiary/aromatic N) is 1. The Morgan fingerprint density at radius 2 is 1.95 bits per heavy atom. The van der Waals surface area contributed by atoms with E-state index in [1.54, 1.807) is 23.1 Å². The number of alkyl halides is 1. The highest BCUT2D eigenvalue weighted by Gasteiger charge is 2.24. The van der Waals surface area contributed by atoms with Gasteiger partial charge in [0.1, 0.15) is 5.75 Å². The van der Waals surface area contributed by atoms with Crippen LogP contribution in [0.2, 0.25) is 0 Å². The third-order valence-corrected chi connectivity index (χ3v) is 3.83. The summed E-state index contributed by atoms with van der Waals surface area (Å²) < 4.78 is 0. The number of rotatable bonds is 4. The zero-order valence-corrected chi connectivity index (χ0v) is 12.5. The number of nitrogens with one attached hydrogen (secondary N) is 1. The van der Waals surface area contributed by atoms with Crippen LogP contribution in [0.4, 0.5) is 0 Å². The van der Waals surface area contributed by atoms with Gasteiger partial charge in [-0.25, -0.2) is 0 Å². The van der Waals surface area contributed by atoms with E-state index in [4.69, 9.17) is 11.6 Å². The van der Waals surface area contributed by atoms with Gasteiger partial charge in [-0.05, 0) is 25.0 Å². The van der Waals surface area contributed by atoms with Crippen molar-refractivity contribution in [3.05, 3.63) is 29.8 Å². The average Bonchev–Trinajstić information content (AvgIpc) is 2.48. The fourth-order valence-electron chi connectivity index (χ4n) is 2.44. The van der Waals surface area contributed by atoms with E-state index >= 15 is 0 Å². The van der Waals surface area contributed by atoms with E-state index in [2.05, 4.69) is 5.32 Å². The summed E-state index contributed by atoms with van der Waals surface area (Å²) in [7, 11) is 0. The predicted molar refractivity (Wildman–Crippen MR) is 80.5 cm³/mol. The Labute approximate surface area is 128 Å². The molecule has 0 atom stereocenters. The molecule has 2 rings (SSSR count). The SMILES string of the molecule is O=C(NC1CCN(C(=O)CCCl)CC1)c1ccccc1O. The van der Waals surface area contributed by atoms with Crippen LogP contribution in [0.1, 0.15) is 29.6 Å². The summed E-state index contributed by atoms with van der Waals surface area (Å²) >= 11 is 5.57. The van der Waals surface area contributed by atoms with Crippen molar-refractivity contribution < 1.29 is 14.7 Å². The van der Waals surface area contributed by atoms with Gasteiger partial charge in [-0.2, -0.15) is 0 Å². The van der Waals surface area contributed by atoms with Gasteiger partial charge >= 0.3 is 0 Å². The number of phenols is 1. The van der Waals surface area contributed by atoms with E-state index in [9.17, 15) is 14.7 Å². The summed E-state index contributed by atoms with van der Waals surface area (Å²) in [5, 5.41) is 12.6. The number of para-hydroxylation sites is 1. The molecule has 0 saturated carbocycles. The van der Waals surface area contributed by atoms with E-state index in [1.807, 2.05) is 0 Å². The molecule has 1 aromatic rings. The van der Waals surface area contributed by atoms with Crippen LogP contribution in [0.15, 0.2) is 24.3 Å². The fraction of sp³-hybridized carbons (Fsp3) is 0.467. The molecule has 1 heterocycles. The molecule has 6 heteroatoms. The minimum Gasteiger partial charge on any atom is -0.507 e. The van der Waals surface area contributed by atoms with E-state index in [0.717, 1.165) is 0 Å². The van der Waals surface area contributed by atoms with Crippen LogP contribution >= 0.6 is 11.6 Å². The molecule has 5 nitrogen and oxygen atoms in total. The molecule has 0 spiro atoms. The molecule has 1 saturated heterocycles. The molecule has 1 aromatic carbocycles. The van der Waals surface area contributed by atoms with Crippen LogP contribution in [0.3, 0.4) is 0 Å². The number of hydrogen-bond acceptors (Lipinski definition) is 3. The summed E-state index contributed by atoms with van der Waals surface area (Å²) in [6, 6.07) is 6.48. The van der Waals surface area contributed by atoms with Gasteiger partial charge < -0.3 is 15.3 Å². The monoisotopic (exact) mass is 310 g/mol. The summed E-state index contributed by atoms with van der Waals surface area (Å²) in [6.45, 7) is 1.25. The molecule has 1 aliphatic rings. The van der Waals surface area contributed by atoms with Gasteiger partial charge in [-0.15, -0.1) is 11.6 Å². The van der Waals surface area contributed by atoms with Crippen molar-refractivity contribution >= 4 is 23.4 Å². The van der Waals surface area contributed by atoms with Gasteiger partial charge in [0.2, 0.25) is 5.91 Å². The highest BCUT2D eigenvalue weighted by molar-refractivity contribution is 6.18. The first-order valence-electron chi connectivity index (χ1n) is 7.04. The zero-order chi connectivity index (χ0) is 15.2. The third-order valence-electron chi connectivity index (χ3n) is 3.64. The third kappa shape index (κ3) is 4.11. The quantitative estimate of drug-likeness (QED) is 0.832. The normalized spacial score (nSPS) is 15.8. The Balaban J connectivity index is 1.85. The maximum absolute atomic E-state index is 12.1. The van der Waals surface area contributed by atoms with Crippen molar-refractivity contribution in [2.24, 2.45) is 0 Å². The average molecular weight is 311 g/mol. The van der Waals surface area contributed by atoms with Crippen molar-refractivity contribution in [3.63, 3.8) is 0 Å². The standard InChI is InChI=1S/C15H19ClN2O3/c16-8-5-14(20)18-9-6-11(7-10-18)17-15(21)12-3-1-2-4-13(12)19/h1-4,11,19H,5-10H2,(H,17,21). The Hall–Kier alpha value is -1.75. The Morgan fingerprint density at radius 3 is 2.57 bits per heavy atom. The summed E-state index contributed by atoms with van der Waals surface area (Å²) in [6.07, 6.45) is 1.79. The van der Waals surface area contributed by atoms with E-state index in [1.165, 1.54) is 6.07 Å². The largest absolute Gasteiger partial charge is 0.507 e. The zero-order valence-electron chi connectivity index (χ0n) is 11.7. The Bertz CT molecular complexity index is 513. The van der Waals surface area contributed by atoms with Gasteiger partial charge in [0, 0.05) is 31.4 Å². The summed E-state index contributed by atoms with van der Waals surface area (Å²) in [5.74, 6) is 0.0989. The van der Waals surface area contributed by atoms with Crippen molar-refractivity contribution in [1.29, 1.82) is 0 Å². The second-order valence-corrected chi connectivity index (χ2v) is 5.46. The minimum absolute atomic E-state index is 0.0234. The molecule has 0 radical (unpaired) electrons. The number of benzene rings is 1. The first-order valence-corrected chi connectivity index (χ1v) is 7.58.